The van der Waals surface area contributed by atoms with Crippen LogP contribution in [0.5, 0.6) is 17.2 Å². The Bertz CT molecular complexity index is 1300. The molecule has 0 aliphatic heterocycles. The smallest absolute Gasteiger partial charge is 0.259 e. The Hall–Kier alpha value is -3.77. The minimum Gasteiger partial charge on any atom is -0.496 e. The molecule has 0 aliphatic carbocycles. The number of carbonyl (C=O) groups is 1. The van der Waals surface area contributed by atoms with Crippen LogP contribution in [0.2, 0.25) is 5.02 Å². The van der Waals surface area contributed by atoms with Gasteiger partial charge < -0.3 is 19.5 Å². The lowest BCUT2D eigenvalue weighted by Gasteiger charge is -2.15. The van der Waals surface area contributed by atoms with Gasteiger partial charge in [-0.05, 0) is 29.7 Å². The van der Waals surface area contributed by atoms with Crippen LogP contribution in [0.25, 0.3) is 22.0 Å². The highest BCUT2D eigenvalue weighted by molar-refractivity contribution is 6.33. The number of hydrogen-bond donors (Lipinski definition) is 1. The Labute approximate surface area is 190 Å². The molecule has 0 aliphatic rings. The van der Waals surface area contributed by atoms with Gasteiger partial charge in [0.25, 0.3) is 5.91 Å². The van der Waals surface area contributed by atoms with Crippen molar-refractivity contribution in [3.05, 3.63) is 77.4 Å². The van der Waals surface area contributed by atoms with E-state index in [0.29, 0.717) is 33.5 Å². The Balaban J connectivity index is 1.72. The van der Waals surface area contributed by atoms with Gasteiger partial charge in [0.2, 0.25) is 0 Å². The van der Waals surface area contributed by atoms with Gasteiger partial charge in [-0.3, -0.25) is 9.78 Å². The van der Waals surface area contributed by atoms with Crippen LogP contribution in [0, 0.1) is 0 Å². The van der Waals surface area contributed by atoms with Gasteiger partial charge in [-0.25, -0.2) is 0 Å². The second-order valence-electron chi connectivity index (χ2n) is 6.94. The van der Waals surface area contributed by atoms with E-state index in [-0.39, 0.29) is 5.91 Å². The maximum atomic E-state index is 13.1. The summed E-state index contributed by atoms with van der Waals surface area (Å²) in [5, 5.41) is 5.47. The molecule has 0 bridgehead atoms. The average molecular weight is 449 g/mol. The second-order valence-corrected chi connectivity index (χ2v) is 7.34. The van der Waals surface area contributed by atoms with Gasteiger partial charge >= 0.3 is 0 Å². The number of hydrogen-bond acceptors (Lipinski definition) is 5. The number of benzene rings is 3. The van der Waals surface area contributed by atoms with Crippen LogP contribution >= 0.6 is 11.6 Å². The van der Waals surface area contributed by atoms with E-state index >= 15 is 0 Å². The van der Waals surface area contributed by atoms with Gasteiger partial charge in [0, 0.05) is 35.0 Å². The average Bonchev–Trinajstić information content (AvgIpc) is 2.83. The summed E-state index contributed by atoms with van der Waals surface area (Å²) in [6, 6.07) is 18.4. The zero-order valence-corrected chi connectivity index (χ0v) is 18.6. The van der Waals surface area contributed by atoms with E-state index in [1.54, 1.807) is 30.5 Å². The highest BCUT2D eigenvalue weighted by Gasteiger charge is 2.19. The lowest BCUT2D eigenvalue weighted by atomic mass is 10.0. The largest absolute Gasteiger partial charge is 0.496 e. The molecular weight excluding hydrogens is 428 g/mol. The van der Waals surface area contributed by atoms with Crippen molar-refractivity contribution >= 4 is 34.0 Å². The number of ether oxygens (including phenoxy) is 3. The highest BCUT2D eigenvalue weighted by Crippen LogP contribution is 2.36. The molecule has 4 aromatic rings. The predicted molar refractivity (Wildman–Crippen MR) is 126 cm³/mol. The molecule has 0 unspecified atom stereocenters. The van der Waals surface area contributed by atoms with Crippen molar-refractivity contribution in [1.29, 1.82) is 0 Å². The van der Waals surface area contributed by atoms with E-state index < -0.39 is 0 Å². The van der Waals surface area contributed by atoms with Crippen LogP contribution in [-0.4, -0.2) is 32.2 Å². The summed E-state index contributed by atoms with van der Waals surface area (Å²) in [4.78, 5) is 17.6. The lowest BCUT2D eigenvalue weighted by Crippen LogP contribution is -2.14. The first-order valence-corrected chi connectivity index (χ1v) is 10.2. The topological polar surface area (TPSA) is 69.7 Å². The third-order valence-electron chi connectivity index (χ3n) is 5.10. The standard InChI is InChI=1S/C25H21ClN2O4/c1-30-21-14-23(32-3)22(31-2)13-19(21)25(29)28-16-8-9-20(26)18(12-16)24-17-7-5-4-6-15(17)10-11-27-24/h4-14H,1-3H3,(H,28,29). The van der Waals surface area contributed by atoms with Crippen LogP contribution in [0.3, 0.4) is 0 Å². The number of nitrogens with one attached hydrogen (secondary N) is 1. The number of amides is 1. The Morgan fingerprint density at radius 2 is 1.59 bits per heavy atom. The minimum absolute atomic E-state index is 0.310. The SMILES string of the molecule is COc1cc(OC)c(C(=O)Nc2ccc(Cl)c(-c3nccc4ccccc34)c2)cc1OC. The van der Waals surface area contributed by atoms with E-state index in [0.717, 1.165) is 22.0 Å². The van der Waals surface area contributed by atoms with Crippen LogP contribution < -0.4 is 19.5 Å². The van der Waals surface area contributed by atoms with Gasteiger partial charge in [-0.2, -0.15) is 0 Å². The van der Waals surface area contributed by atoms with E-state index in [4.69, 9.17) is 25.8 Å². The van der Waals surface area contributed by atoms with Gasteiger partial charge in [0.05, 0.1) is 37.6 Å². The molecule has 4 rings (SSSR count). The number of aromatic nitrogens is 1. The molecule has 0 radical (unpaired) electrons. The van der Waals surface area contributed by atoms with Gasteiger partial charge in [0.15, 0.2) is 11.5 Å². The summed E-state index contributed by atoms with van der Waals surface area (Å²) in [6.45, 7) is 0. The van der Waals surface area contributed by atoms with Gasteiger partial charge in [-0.15, -0.1) is 0 Å². The summed E-state index contributed by atoms with van der Waals surface area (Å²) in [7, 11) is 4.52. The fourth-order valence-electron chi connectivity index (χ4n) is 3.52. The Morgan fingerprint density at radius 1 is 0.875 bits per heavy atom. The molecule has 32 heavy (non-hydrogen) atoms. The first-order valence-electron chi connectivity index (χ1n) is 9.80. The van der Waals surface area contributed by atoms with Crippen molar-refractivity contribution in [2.24, 2.45) is 0 Å². The number of methoxy groups -OCH3 is 3. The molecule has 0 saturated carbocycles. The van der Waals surface area contributed by atoms with E-state index in [2.05, 4.69) is 10.3 Å². The second kappa shape index (κ2) is 9.16. The van der Waals surface area contributed by atoms with Crippen molar-refractivity contribution in [2.75, 3.05) is 26.6 Å². The van der Waals surface area contributed by atoms with Crippen LogP contribution in [0.1, 0.15) is 10.4 Å². The van der Waals surface area contributed by atoms with Crippen molar-refractivity contribution < 1.29 is 19.0 Å². The maximum absolute atomic E-state index is 13.1. The van der Waals surface area contributed by atoms with Crippen LogP contribution in [0.4, 0.5) is 5.69 Å². The summed E-state index contributed by atoms with van der Waals surface area (Å²) < 4.78 is 16.0. The molecule has 0 fully saturated rings. The van der Waals surface area contributed by atoms with E-state index in [1.165, 1.54) is 21.3 Å². The summed E-state index contributed by atoms with van der Waals surface area (Å²) >= 11 is 6.50. The number of fused-ring (bicyclic) bond motifs is 1. The molecular formula is C25H21ClN2O4. The zero-order chi connectivity index (χ0) is 22.7. The van der Waals surface area contributed by atoms with E-state index in [1.807, 2.05) is 36.4 Å². The fraction of sp³-hybridized carbons (Fsp3) is 0.120. The molecule has 1 N–H and O–H groups in total. The molecule has 0 saturated heterocycles. The number of pyridine rings is 1. The number of nitrogens with zero attached hydrogens (tertiary/aromatic N) is 1. The predicted octanol–water partition coefficient (Wildman–Crippen LogP) is 5.83. The van der Waals surface area contributed by atoms with Gasteiger partial charge in [-0.1, -0.05) is 35.9 Å². The maximum Gasteiger partial charge on any atom is 0.259 e. The Kier molecular flexibility index (Phi) is 6.14. The molecule has 3 aromatic carbocycles. The third-order valence-corrected chi connectivity index (χ3v) is 5.43. The molecule has 7 heteroatoms. The van der Waals surface area contributed by atoms with Crippen molar-refractivity contribution in [1.82, 2.24) is 4.98 Å². The van der Waals surface area contributed by atoms with Crippen LogP contribution in [0.15, 0.2) is 66.9 Å². The first kappa shape index (κ1) is 21.5. The summed E-state index contributed by atoms with van der Waals surface area (Å²) in [6.07, 6.45) is 1.74. The monoisotopic (exact) mass is 448 g/mol. The summed E-state index contributed by atoms with van der Waals surface area (Å²) in [5.74, 6) is 0.902. The van der Waals surface area contributed by atoms with Crippen LogP contribution in [-0.2, 0) is 0 Å². The minimum atomic E-state index is -0.359. The fourth-order valence-corrected chi connectivity index (χ4v) is 3.73. The molecule has 0 atom stereocenters. The van der Waals surface area contributed by atoms with Crippen molar-refractivity contribution in [3.8, 4) is 28.5 Å². The van der Waals surface area contributed by atoms with Gasteiger partial charge in [0.1, 0.15) is 5.75 Å². The van der Waals surface area contributed by atoms with Crippen molar-refractivity contribution in [2.45, 2.75) is 0 Å². The van der Waals surface area contributed by atoms with E-state index in [9.17, 15) is 4.79 Å². The lowest BCUT2D eigenvalue weighted by molar-refractivity contribution is 0.102. The normalized spacial score (nSPS) is 10.6. The molecule has 1 amide bonds. The third kappa shape index (κ3) is 4.05. The Morgan fingerprint density at radius 3 is 2.34 bits per heavy atom. The number of carbonyl (C=O) groups excluding carboxylic acids is 1. The molecule has 0 spiro atoms. The first-order chi connectivity index (χ1) is 15.5. The number of anilines is 1. The zero-order valence-electron chi connectivity index (χ0n) is 17.8. The van der Waals surface area contributed by atoms with Crippen molar-refractivity contribution in [3.63, 3.8) is 0 Å². The highest BCUT2D eigenvalue weighted by atomic mass is 35.5. The molecule has 6 nitrogen and oxygen atoms in total. The molecule has 1 heterocycles. The number of halogens is 1. The molecule has 162 valence electrons. The quantitative estimate of drug-likeness (QED) is 0.401. The molecule has 1 aromatic heterocycles. The number of rotatable bonds is 6. The summed E-state index contributed by atoms with van der Waals surface area (Å²) in [5.41, 5.74) is 2.35.